The van der Waals surface area contributed by atoms with E-state index in [0.717, 1.165) is 22.5 Å². The largest absolute Gasteiger partial charge is 0.487 e. The lowest BCUT2D eigenvalue weighted by Gasteiger charge is -2.48. The third-order valence-corrected chi connectivity index (χ3v) is 9.35. The van der Waals surface area contributed by atoms with Gasteiger partial charge < -0.3 is 14.7 Å². The van der Waals surface area contributed by atoms with Crippen molar-refractivity contribution in [2.24, 2.45) is 10.8 Å². The van der Waals surface area contributed by atoms with Crippen LogP contribution in [0.4, 0.5) is 0 Å². The summed E-state index contributed by atoms with van der Waals surface area (Å²) < 4.78 is 7.60. The number of carbonyl (C=O) groups excluding carboxylic acids is 2. The standard InChI is InChI=1S/C33H35Br2NO5/c1-18-6-8-19(9-7-18)17-41-31-21(34)10-20(11-22(31)35)28-29-23(12-32(2,3)14-25(29)37)36(16-27(39)40)24-13-33(4,5)15-26(38)30(24)28/h6-11,28H,12-17H2,1-5H3,(H,39,40). The topological polar surface area (TPSA) is 83.9 Å². The van der Waals surface area contributed by atoms with E-state index < -0.39 is 11.9 Å². The van der Waals surface area contributed by atoms with Crippen molar-refractivity contribution in [2.45, 2.75) is 72.8 Å². The first kappa shape index (κ1) is 29.8. The van der Waals surface area contributed by atoms with Gasteiger partial charge in [0.2, 0.25) is 0 Å². The molecule has 0 fully saturated rings. The van der Waals surface area contributed by atoms with Gasteiger partial charge in [0.1, 0.15) is 18.9 Å². The number of carbonyl (C=O) groups is 3. The molecule has 0 atom stereocenters. The van der Waals surface area contributed by atoms with Crippen LogP contribution in [0.1, 0.15) is 76.0 Å². The van der Waals surface area contributed by atoms with Gasteiger partial charge >= 0.3 is 5.97 Å². The van der Waals surface area contributed by atoms with Gasteiger partial charge in [0.25, 0.3) is 0 Å². The summed E-state index contributed by atoms with van der Waals surface area (Å²) in [6.07, 6.45) is 1.80. The maximum absolute atomic E-state index is 13.9. The first-order valence-electron chi connectivity index (χ1n) is 13.8. The van der Waals surface area contributed by atoms with Gasteiger partial charge in [-0.2, -0.15) is 0 Å². The number of aliphatic carboxylic acids is 1. The van der Waals surface area contributed by atoms with E-state index in [1.165, 1.54) is 5.56 Å². The number of ketones is 2. The number of Topliss-reactive ketones (excluding diaryl/α,β-unsaturated/α-hetero) is 2. The summed E-state index contributed by atoms with van der Waals surface area (Å²) in [4.78, 5) is 41.6. The molecule has 2 aliphatic carbocycles. The number of aryl methyl sites for hydroxylation is 1. The number of ether oxygens (including phenoxy) is 1. The third kappa shape index (κ3) is 5.96. The van der Waals surface area contributed by atoms with Crippen LogP contribution in [0, 0.1) is 17.8 Å². The Labute approximate surface area is 258 Å². The van der Waals surface area contributed by atoms with Crippen LogP contribution in [-0.2, 0) is 21.0 Å². The molecule has 0 aromatic heterocycles. The quantitative estimate of drug-likeness (QED) is 0.334. The molecule has 0 unspecified atom stereocenters. The molecule has 216 valence electrons. The van der Waals surface area contributed by atoms with Crippen molar-refractivity contribution in [1.29, 1.82) is 0 Å². The molecular weight excluding hydrogens is 650 g/mol. The van der Waals surface area contributed by atoms with Crippen LogP contribution < -0.4 is 4.74 Å². The van der Waals surface area contributed by atoms with Crippen LogP contribution in [0.15, 0.2) is 67.9 Å². The van der Waals surface area contributed by atoms with E-state index in [2.05, 4.69) is 31.9 Å². The monoisotopic (exact) mass is 683 g/mol. The van der Waals surface area contributed by atoms with E-state index in [4.69, 9.17) is 4.74 Å². The molecule has 3 aliphatic rings. The lowest BCUT2D eigenvalue weighted by atomic mass is 9.63. The van der Waals surface area contributed by atoms with Gasteiger partial charge in [0.15, 0.2) is 11.6 Å². The molecule has 0 radical (unpaired) electrons. The van der Waals surface area contributed by atoms with Crippen LogP contribution in [0.25, 0.3) is 0 Å². The smallest absolute Gasteiger partial charge is 0.323 e. The molecule has 6 nitrogen and oxygen atoms in total. The van der Waals surface area contributed by atoms with Gasteiger partial charge in [-0.05, 0) is 85.7 Å². The van der Waals surface area contributed by atoms with E-state index in [9.17, 15) is 19.5 Å². The lowest BCUT2D eigenvalue weighted by molar-refractivity contribution is -0.138. The molecule has 8 heteroatoms. The van der Waals surface area contributed by atoms with Crippen LogP contribution in [0.2, 0.25) is 0 Å². The molecule has 1 heterocycles. The average molecular weight is 685 g/mol. The Morgan fingerprint density at radius 1 is 0.902 bits per heavy atom. The van der Waals surface area contributed by atoms with Crippen molar-refractivity contribution < 1.29 is 24.2 Å². The van der Waals surface area contributed by atoms with Crippen molar-refractivity contribution in [1.82, 2.24) is 4.90 Å². The molecule has 2 aromatic rings. The van der Waals surface area contributed by atoms with Gasteiger partial charge in [0.05, 0.1) is 8.95 Å². The molecule has 0 bridgehead atoms. The van der Waals surface area contributed by atoms with Gasteiger partial charge in [0, 0.05) is 41.3 Å². The van der Waals surface area contributed by atoms with E-state index in [0.29, 0.717) is 58.1 Å². The fourth-order valence-corrected chi connectivity index (χ4v) is 7.88. The minimum atomic E-state index is -0.991. The van der Waals surface area contributed by atoms with Crippen LogP contribution in [0.3, 0.4) is 0 Å². The van der Waals surface area contributed by atoms with E-state index >= 15 is 0 Å². The lowest BCUT2D eigenvalue weighted by Crippen LogP contribution is -2.45. The first-order valence-corrected chi connectivity index (χ1v) is 15.4. The minimum Gasteiger partial charge on any atom is -0.487 e. The maximum atomic E-state index is 13.9. The van der Waals surface area contributed by atoms with Gasteiger partial charge in [-0.1, -0.05) is 57.5 Å². The normalized spacial score (nSPS) is 20.2. The highest BCUT2D eigenvalue weighted by atomic mass is 79.9. The van der Waals surface area contributed by atoms with Gasteiger partial charge in [-0.15, -0.1) is 0 Å². The number of nitrogens with zero attached hydrogens (tertiary/aromatic N) is 1. The number of benzene rings is 2. The zero-order valence-electron chi connectivity index (χ0n) is 24.1. The van der Waals surface area contributed by atoms with Crippen LogP contribution >= 0.6 is 31.9 Å². The molecule has 5 rings (SSSR count). The Bertz CT molecular complexity index is 1440. The highest BCUT2D eigenvalue weighted by Gasteiger charge is 2.49. The van der Waals surface area contributed by atoms with Crippen molar-refractivity contribution in [3.63, 3.8) is 0 Å². The Hall–Kier alpha value is -2.71. The Kier molecular flexibility index (Phi) is 7.88. The van der Waals surface area contributed by atoms with Crippen LogP contribution in [0.5, 0.6) is 5.75 Å². The number of halogens is 2. The number of allylic oxidation sites excluding steroid dienone is 4. The second kappa shape index (κ2) is 10.8. The molecule has 1 aliphatic heterocycles. The Morgan fingerprint density at radius 3 is 1.85 bits per heavy atom. The summed E-state index contributed by atoms with van der Waals surface area (Å²) in [6.45, 7) is 10.3. The van der Waals surface area contributed by atoms with E-state index in [1.54, 1.807) is 4.90 Å². The predicted molar refractivity (Wildman–Crippen MR) is 165 cm³/mol. The Morgan fingerprint density at radius 2 is 1.39 bits per heavy atom. The van der Waals surface area contributed by atoms with Crippen molar-refractivity contribution in [3.8, 4) is 5.75 Å². The zero-order valence-corrected chi connectivity index (χ0v) is 27.2. The van der Waals surface area contributed by atoms with E-state index in [1.807, 2.05) is 71.0 Å². The summed E-state index contributed by atoms with van der Waals surface area (Å²) in [6, 6.07) is 12.0. The predicted octanol–water partition coefficient (Wildman–Crippen LogP) is 7.87. The maximum Gasteiger partial charge on any atom is 0.323 e. The second-order valence-electron chi connectivity index (χ2n) is 13.1. The van der Waals surface area contributed by atoms with Crippen molar-refractivity contribution in [3.05, 3.63) is 84.6 Å². The van der Waals surface area contributed by atoms with E-state index in [-0.39, 0.29) is 28.9 Å². The molecule has 0 saturated heterocycles. The number of carboxylic acids is 1. The van der Waals surface area contributed by atoms with Crippen molar-refractivity contribution in [2.75, 3.05) is 6.54 Å². The average Bonchev–Trinajstić information content (AvgIpc) is 2.83. The minimum absolute atomic E-state index is 0.0345. The zero-order chi connectivity index (χ0) is 29.9. The fraction of sp³-hybridized carbons (Fsp3) is 0.424. The first-order chi connectivity index (χ1) is 19.2. The summed E-state index contributed by atoms with van der Waals surface area (Å²) in [7, 11) is 0. The molecule has 2 aromatic carbocycles. The SMILES string of the molecule is Cc1ccc(COc2c(Br)cc(C3C4=C(CC(C)(C)CC4=O)N(CC(=O)O)C4=C3C(=O)CC(C)(C)C4)cc2Br)cc1. The molecular formula is C33H35Br2NO5. The molecule has 0 amide bonds. The Balaban J connectivity index is 1.64. The third-order valence-electron chi connectivity index (χ3n) is 8.17. The van der Waals surface area contributed by atoms with Gasteiger partial charge in [-0.25, -0.2) is 0 Å². The number of rotatable bonds is 6. The summed E-state index contributed by atoms with van der Waals surface area (Å²) in [5, 5.41) is 9.89. The van der Waals surface area contributed by atoms with Gasteiger partial charge in [-0.3, -0.25) is 14.4 Å². The van der Waals surface area contributed by atoms with Crippen molar-refractivity contribution >= 4 is 49.4 Å². The summed E-state index contributed by atoms with van der Waals surface area (Å²) in [5.74, 6) is -1.00. The highest BCUT2D eigenvalue weighted by molar-refractivity contribution is 9.11. The number of hydrogen-bond donors (Lipinski definition) is 1. The number of hydrogen-bond acceptors (Lipinski definition) is 5. The molecule has 1 N–H and O–H groups in total. The highest BCUT2D eigenvalue weighted by Crippen LogP contribution is 2.55. The summed E-state index contributed by atoms with van der Waals surface area (Å²) in [5.41, 5.74) is 4.93. The molecule has 0 spiro atoms. The fourth-order valence-electron chi connectivity index (χ4n) is 6.43. The summed E-state index contributed by atoms with van der Waals surface area (Å²) >= 11 is 7.38. The molecule has 0 saturated carbocycles. The second-order valence-corrected chi connectivity index (χ2v) is 14.8. The number of carboxylic acid groups (broad SMARTS) is 1. The van der Waals surface area contributed by atoms with Crippen LogP contribution in [-0.4, -0.2) is 34.1 Å². The molecule has 41 heavy (non-hydrogen) atoms.